The van der Waals surface area contributed by atoms with Crippen molar-refractivity contribution in [2.75, 3.05) is 23.0 Å². The van der Waals surface area contributed by atoms with E-state index < -0.39 is 23.8 Å². The number of benzene rings is 3. The Balaban J connectivity index is 1.38. The van der Waals surface area contributed by atoms with E-state index in [1.807, 2.05) is 42.5 Å². The number of rotatable bonds is 8. The number of hydrogen-bond donors (Lipinski definition) is 2. The lowest BCUT2D eigenvalue weighted by molar-refractivity contribution is -0.126. The van der Waals surface area contributed by atoms with Gasteiger partial charge in [0.05, 0.1) is 23.9 Å². The van der Waals surface area contributed by atoms with Crippen molar-refractivity contribution in [2.45, 2.75) is 18.1 Å². The second-order valence-corrected chi connectivity index (χ2v) is 9.75. The number of nitrogens with one attached hydrogen (secondary N) is 1. The summed E-state index contributed by atoms with van der Waals surface area (Å²) < 4.78 is 0. The minimum Gasteiger partial charge on any atom is -0.395 e. The number of anilines is 2. The van der Waals surface area contributed by atoms with Crippen LogP contribution in [-0.4, -0.2) is 54.0 Å². The quantitative estimate of drug-likeness (QED) is 0.336. The first-order valence-electron chi connectivity index (χ1n) is 11.7. The van der Waals surface area contributed by atoms with E-state index in [-0.39, 0.29) is 30.7 Å². The van der Waals surface area contributed by atoms with E-state index in [0.29, 0.717) is 21.4 Å². The third-order valence-electron chi connectivity index (χ3n) is 6.51. The van der Waals surface area contributed by atoms with Crippen LogP contribution in [0.1, 0.15) is 15.9 Å². The lowest BCUT2D eigenvalue weighted by Gasteiger charge is -2.47. The van der Waals surface area contributed by atoms with Gasteiger partial charge in [-0.15, -0.1) is 0 Å². The van der Waals surface area contributed by atoms with Crippen LogP contribution in [0.25, 0.3) is 6.08 Å². The average Bonchev–Trinajstić information content (AvgIpc) is 3.14. The monoisotopic (exact) mass is 535 g/mol. The predicted octanol–water partition coefficient (Wildman–Crippen LogP) is 3.97. The lowest BCUT2D eigenvalue weighted by Crippen LogP contribution is -2.72. The molecule has 2 aliphatic rings. The molecule has 0 bridgehead atoms. The van der Waals surface area contributed by atoms with Crippen LogP contribution >= 0.6 is 23.2 Å². The molecule has 0 aliphatic carbocycles. The molecule has 3 atom stereocenters. The Morgan fingerprint density at radius 1 is 0.946 bits per heavy atom. The van der Waals surface area contributed by atoms with Crippen molar-refractivity contribution in [3.63, 3.8) is 0 Å². The van der Waals surface area contributed by atoms with Crippen LogP contribution in [0.2, 0.25) is 10.0 Å². The second-order valence-electron chi connectivity index (χ2n) is 8.88. The highest BCUT2D eigenvalue weighted by molar-refractivity contribution is 6.52. The predicted molar refractivity (Wildman–Crippen MR) is 144 cm³/mol. The van der Waals surface area contributed by atoms with Gasteiger partial charge in [0.1, 0.15) is 6.04 Å². The summed E-state index contributed by atoms with van der Waals surface area (Å²) in [6, 6.07) is 19.7. The summed E-state index contributed by atoms with van der Waals surface area (Å²) in [4.78, 5) is 41.4. The van der Waals surface area contributed by atoms with Crippen LogP contribution in [0, 0.1) is 0 Å². The number of amides is 2. The third kappa shape index (κ3) is 4.91. The van der Waals surface area contributed by atoms with Gasteiger partial charge in [-0.25, -0.2) is 0 Å². The van der Waals surface area contributed by atoms with Crippen molar-refractivity contribution in [1.82, 2.24) is 5.32 Å². The van der Waals surface area contributed by atoms with Crippen LogP contribution in [0.4, 0.5) is 11.4 Å². The minimum atomic E-state index is -0.694. The first-order chi connectivity index (χ1) is 17.9. The van der Waals surface area contributed by atoms with E-state index in [2.05, 4.69) is 5.32 Å². The Morgan fingerprint density at radius 3 is 2.35 bits per heavy atom. The molecule has 0 radical (unpaired) electrons. The average molecular weight is 536 g/mol. The fraction of sp³-hybridized carbons (Fsp3) is 0.179. The Hall–Kier alpha value is -3.49. The normalized spacial score (nSPS) is 19.9. The summed E-state index contributed by atoms with van der Waals surface area (Å²) in [6.45, 7) is -0.337. The largest absolute Gasteiger partial charge is 0.395 e. The molecule has 2 amide bonds. The van der Waals surface area contributed by atoms with Crippen molar-refractivity contribution >= 4 is 58.3 Å². The third-order valence-corrected chi connectivity index (χ3v) is 6.99. The molecule has 3 aromatic rings. The van der Waals surface area contributed by atoms with E-state index in [1.54, 1.807) is 41.3 Å². The van der Waals surface area contributed by atoms with Gasteiger partial charge in [0.15, 0.2) is 0 Å². The molecule has 1 unspecified atom stereocenters. The van der Waals surface area contributed by atoms with E-state index in [0.717, 1.165) is 5.56 Å². The smallest absolute Gasteiger partial charge is 0.299 e. The number of aliphatic hydroxyl groups excluding tert-OH is 1. The Morgan fingerprint density at radius 2 is 1.65 bits per heavy atom. The Labute approximate surface area is 223 Å². The van der Waals surface area contributed by atoms with E-state index in [1.165, 1.54) is 11.0 Å². The zero-order valence-corrected chi connectivity index (χ0v) is 21.1. The van der Waals surface area contributed by atoms with E-state index in [9.17, 15) is 19.5 Å². The van der Waals surface area contributed by atoms with Crippen molar-refractivity contribution in [2.24, 2.45) is 0 Å². The summed E-state index contributed by atoms with van der Waals surface area (Å²) >= 11 is 12.0. The maximum absolute atomic E-state index is 13.3. The van der Waals surface area contributed by atoms with Crippen LogP contribution in [0.5, 0.6) is 0 Å². The SMILES string of the molecule is O=C1C(=O)N(CC(CO)N[C@H]2C(=O)N(c3ccc(Cl)cc3)[C@H]2/C=C/c2ccccc2)c2ccc(Cl)cc21. The van der Waals surface area contributed by atoms with Gasteiger partial charge >= 0.3 is 0 Å². The molecule has 3 aromatic carbocycles. The van der Waals surface area contributed by atoms with Gasteiger partial charge in [-0.1, -0.05) is 65.7 Å². The summed E-state index contributed by atoms with van der Waals surface area (Å²) in [5.74, 6) is -1.52. The van der Waals surface area contributed by atoms with Gasteiger partial charge in [-0.3, -0.25) is 19.7 Å². The maximum Gasteiger partial charge on any atom is 0.299 e. The van der Waals surface area contributed by atoms with Gasteiger partial charge in [-0.2, -0.15) is 0 Å². The number of ketones is 1. The molecular formula is C28H23Cl2N3O4. The minimum absolute atomic E-state index is 0.00947. The van der Waals surface area contributed by atoms with Crippen LogP contribution in [0.15, 0.2) is 78.9 Å². The van der Waals surface area contributed by atoms with Crippen LogP contribution < -0.4 is 15.1 Å². The molecule has 9 heteroatoms. The number of aliphatic hydroxyl groups is 1. The first kappa shape index (κ1) is 25.2. The van der Waals surface area contributed by atoms with Gasteiger partial charge < -0.3 is 14.9 Å². The molecule has 0 saturated carbocycles. The number of halogens is 2. The highest BCUT2D eigenvalue weighted by Gasteiger charge is 2.48. The molecule has 37 heavy (non-hydrogen) atoms. The highest BCUT2D eigenvalue weighted by Crippen LogP contribution is 2.33. The van der Waals surface area contributed by atoms with Crippen molar-refractivity contribution in [3.8, 4) is 0 Å². The summed E-state index contributed by atoms with van der Waals surface area (Å²) in [7, 11) is 0. The number of hydrogen-bond acceptors (Lipinski definition) is 5. The van der Waals surface area contributed by atoms with Gasteiger partial charge in [0, 0.05) is 28.3 Å². The van der Waals surface area contributed by atoms with Crippen molar-refractivity contribution in [1.29, 1.82) is 0 Å². The van der Waals surface area contributed by atoms with E-state index in [4.69, 9.17) is 23.2 Å². The molecule has 7 nitrogen and oxygen atoms in total. The second kappa shape index (κ2) is 10.5. The Bertz CT molecular complexity index is 1380. The van der Waals surface area contributed by atoms with Gasteiger partial charge in [-0.05, 0) is 48.0 Å². The zero-order valence-electron chi connectivity index (χ0n) is 19.6. The van der Waals surface area contributed by atoms with Crippen molar-refractivity contribution in [3.05, 3.63) is 100 Å². The number of nitrogens with zero attached hydrogens (tertiary/aromatic N) is 2. The molecule has 2 heterocycles. The van der Waals surface area contributed by atoms with Gasteiger partial charge in [0.25, 0.3) is 11.7 Å². The molecule has 2 aliphatic heterocycles. The molecule has 5 rings (SSSR count). The lowest BCUT2D eigenvalue weighted by atomic mass is 9.91. The molecule has 0 aromatic heterocycles. The number of fused-ring (bicyclic) bond motifs is 1. The topological polar surface area (TPSA) is 90.0 Å². The zero-order chi connectivity index (χ0) is 26.1. The van der Waals surface area contributed by atoms with Crippen molar-refractivity contribution < 1.29 is 19.5 Å². The summed E-state index contributed by atoms with van der Waals surface area (Å²) in [5, 5.41) is 14.3. The fourth-order valence-corrected chi connectivity index (χ4v) is 4.94. The number of carbonyl (C=O) groups is 3. The molecule has 2 N–H and O–H groups in total. The maximum atomic E-state index is 13.3. The number of Topliss-reactive ketones (excluding diaryl/α,β-unsaturated/α-hetero) is 1. The number of β-lactam (4-membered cyclic amide) rings is 1. The van der Waals surface area contributed by atoms with Crippen LogP contribution in [-0.2, 0) is 9.59 Å². The summed E-state index contributed by atoms with van der Waals surface area (Å²) in [5.41, 5.74) is 2.34. The molecular weight excluding hydrogens is 513 g/mol. The molecule has 1 saturated heterocycles. The molecule has 188 valence electrons. The highest BCUT2D eigenvalue weighted by atomic mass is 35.5. The Kier molecular flexibility index (Phi) is 7.13. The summed E-state index contributed by atoms with van der Waals surface area (Å²) in [6.07, 6.45) is 3.87. The van der Waals surface area contributed by atoms with Crippen LogP contribution in [0.3, 0.4) is 0 Å². The number of carbonyl (C=O) groups excluding carboxylic acids is 3. The first-order valence-corrected chi connectivity index (χ1v) is 12.5. The fourth-order valence-electron chi connectivity index (χ4n) is 4.64. The van der Waals surface area contributed by atoms with E-state index >= 15 is 0 Å². The molecule has 0 spiro atoms. The molecule has 1 fully saturated rings. The van der Waals surface area contributed by atoms with Gasteiger partial charge in [0.2, 0.25) is 5.91 Å². The standard InChI is InChI=1S/C28H23Cl2N3O4/c29-18-7-10-21(11-8-18)33-24(12-6-17-4-2-1-3-5-17)25(27(33)36)31-20(16-34)15-32-23-13-9-19(30)14-22(23)26(35)28(32)37/h1-14,20,24-25,31,34H,15-16H2/b12-6+/t20?,24-,25+/m0/s1.